The zero-order chi connectivity index (χ0) is 18.4. The van der Waals surface area contributed by atoms with Gasteiger partial charge in [0.15, 0.2) is 0 Å². The van der Waals surface area contributed by atoms with Crippen molar-refractivity contribution in [2.45, 2.75) is 13.0 Å². The fourth-order valence-electron chi connectivity index (χ4n) is 2.34. The minimum atomic E-state index is -0.0166. The Balaban J connectivity index is 1.77. The van der Waals surface area contributed by atoms with E-state index in [4.69, 9.17) is 0 Å². The average molecular weight is 408 g/mol. The molecule has 0 amide bonds. The van der Waals surface area contributed by atoms with Crippen LogP contribution in [0.1, 0.15) is 24.1 Å². The van der Waals surface area contributed by atoms with Crippen molar-refractivity contribution in [1.82, 2.24) is 0 Å². The zero-order valence-electron chi connectivity index (χ0n) is 14.2. The highest BCUT2D eigenvalue weighted by atomic mass is 79.9. The molecule has 0 fully saturated rings. The molecule has 0 aliphatic rings. The molecule has 0 saturated carbocycles. The van der Waals surface area contributed by atoms with Crippen LogP contribution >= 0.6 is 15.9 Å². The van der Waals surface area contributed by atoms with Crippen LogP contribution in [0.2, 0.25) is 0 Å². The number of phenolic OH excluding ortho intramolecular Hbond substituents is 1. The highest BCUT2D eigenvalue weighted by molar-refractivity contribution is 9.10. The molecular weight excluding hydrogens is 390 g/mol. The number of azo groups is 1. The van der Waals surface area contributed by atoms with E-state index < -0.39 is 0 Å². The lowest BCUT2D eigenvalue weighted by Crippen LogP contribution is -1.91. The molecular formula is C21H18BrN3O. The van der Waals surface area contributed by atoms with Gasteiger partial charge in [-0.3, -0.25) is 4.99 Å². The van der Waals surface area contributed by atoms with Gasteiger partial charge < -0.3 is 5.11 Å². The summed E-state index contributed by atoms with van der Waals surface area (Å²) in [5.74, 6) is 0.162. The maximum Gasteiger partial charge on any atom is 0.124 e. The van der Waals surface area contributed by atoms with E-state index in [1.165, 1.54) is 0 Å². The maximum atomic E-state index is 10.1. The summed E-state index contributed by atoms with van der Waals surface area (Å²) < 4.78 is 1.03. The van der Waals surface area contributed by atoms with Crippen LogP contribution < -0.4 is 0 Å². The second-order valence-corrected chi connectivity index (χ2v) is 6.70. The summed E-state index contributed by atoms with van der Waals surface area (Å²) in [5.41, 5.74) is 3.14. The van der Waals surface area contributed by atoms with Gasteiger partial charge in [-0.05, 0) is 55.0 Å². The van der Waals surface area contributed by atoms with E-state index in [0.29, 0.717) is 11.3 Å². The van der Waals surface area contributed by atoms with Crippen molar-refractivity contribution in [2.24, 2.45) is 15.2 Å². The van der Waals surface area contributed by atoms with Crippen LogP contribution in [0.15, 0.2) is 92.5 Å². The number of rotatable bonds is 5. The second-order valence-electron chi connectivity index (χ2n) is 5.78. The van der Waals surface area contributed by atoms with E-state index >= 15 is 0 Å². The smallest absolute Gasteiger partial charge is 0.124 e. The predicted molar refractivity (Wildman–Crippen MR) is 109 cm³/mol. The lowest BCUT2D eigenvalue weighted by atomic mass is 10.1. The number of hydrogen-bond acceptors (Lipinski definition) is 4. The Morgan fingerprint density at radius 3 is 2.31 bits per heavy atom. The molecule has 1 unspecified atom stereocenters. The number of nitrogens with zero attached hydrogens (tertiary/aromatic N) is 3. The van der Waals surface area contributed by atoms with E-state index in [9.17, 15) is 5.11 Å². The minimum absolute atomic E-state index is 0.0166. The number of benzene rings is 3. The van der Waals surface area contributed by atoms with Gasteiger partial charge >= 0.3 is 0 Å². The van der Waals surface area contributed by atoms with E-state index in [-0.39, 0.29) is 11.8 Å². The van der Waals surface area contributed by atoms with Gasteiger partial charge in [0, 0.05) is 16.3 Å². The summed E-state index contributed by atoms with van der Waals surface area (Å²) in [6.45, 7) is 2.01. The topological polar surface area (TPSA) is 57.3 Å². The van der Waals surface area contributed by atoms with Gasteiger partial charge in [-0.2, -0.15) is 10.2 Å². The monoisotopic (exact) mass is 407 g/mol. The molecule has 26 heavy (non-hydrogen) atoms. The molecule has 5 heteroatoms. The standard InChI is InChI=1S/C21H18BrN3O/c1-15(16-7-9-18(22)10-8-16)23-14-17-13-20(11-12-21(17)26)25-24-19-5-3-2-4-6-19/h2-15,26H,1H3. The third-order valence-corrected chi connectivity index (χ3v) is 4.37. The lowest BCUT2D eigenvalue weighted by molar-refractivity contribution is 0.474. The zero-order valence-corrected chi connectivity index (χ0v) is 15.8. The van der Waals surface area contributed by atoms with Crippen molar-refractivity contribution in [3.8, 4) is 5.75 Å². The predicted octanol–water partition coefficient (Wildman–Crippen LogP) is 6.75. The van der Waals surface area contributed by atoms with Crippen LogP contribution in [0.5, 0.6) is 5.75 Å². The van der Waals surface area contributed by atoms with Crippen molar-refractivity contribution in [3.63, 3.8) is 0 Å². The third-order valence-electron chi connectivity index (χ3n) is 3.84. The maximum absolute atomic E-state index is 10.1. The van der Waals surface area contributed by atoms with Crippen LogP contribution in [-0.2, 0) is 0 Å². The van der Waals surface area contributed by atoms with E-state index in [1.807, 2.05) is 61.5 Å². The van der Waals surface area contributed by atoms with Crippen LogP contribution in [0.25, 0.3) is 0 Å². The van der Waals surface area contributed by atoms with Crippen LogP contribution in [0.3, 0.4) is 0 Å². The number of aliphatic imine (C=N–C) groups is 1. The van der Waals surface area contributed by atoms with Gasteiger partial charge in [-0.1, -0.05) is 46.3 Å². The van der Waals surface area contributed by atoms with Gasteiger partial charge in [0.1, 0.15) is 5.75 Å². The van der Waals surface area contributed by atoms with Gasteiger partial charge in [0.05, 0.1) is 17.4 Å². The first kappa shape index (κ1) is 18.0. The highest BCUT2D eigenvalue weighted by Gasteiger charge is 2.04. The number of phenols is 1. The molecule has 0 aliphatic heterocycles. The molecule has 0 aromatic heterocycles. The molecule has 3 rings (SSSR count). The Hall–Kier alpha value is -2.79. The Bertz CT molecular complexity index is 922. The molecule has 0 radical (unpaired) electrons. The minimum Gasteiger partial charge on any atom is -0.507 e. The van der Waals surface area contributed by atoms with Crippen molar-refractivity contribution >= 4 is 33.5 Å². The van der Waals surface area contributed by atoms with E-state index in [2.05, 4.69) is 31.2 Å². The molecule has 1 atom stereocenters. The quantitative estimate of drug-likeness (QED) is 0.368. The molecule has 0 heterocycles. The molecule has 0 bridgehead atoms. The van der Waals surface area contributed by atoms with Gasteiger partial charge in [0.25, 0.3) is 0 Å². The molecule has 4 nitrogen and oxygen atoms in total. The van der Waals surface area contributed by atoms with Crippen molar-refractivity contribution in [1.29, 1.82) is 0 Å². The summed E-state index contributed by atoms with van der Waals surface area (Å²) in [6, 6.07) is 22.6. The fourth-order valence-corrected chi connectivity index (χ4v) is 2.60. The van der Waals surface area contributed by atoms with Crippen molar-refractivity contribution in [2.75, 3.05) is 0 Å². The molecule has 130 valence electrons. The summed E-state index contributed by atoms with van der Waals surface area (Å²) in [5, 5.41) is 18.5. The Morgan fingerprint density at radius 2 is 1.58 bits per heavy atom. The first-order chi connectivity index (χ1) is 12.6. The SMILES string of the molecule is CC(N=Cc1cc(N=Nc2ccccc2)ccc1O)c1ccc(Br)cc1. The molecule has 0 spiro atoms. The summed E-state index contributed by atoms with van der Waals surface area (Å²) in [6.07, 6.45) is 1.67. The van der Waals surface area contributed by atoms with Crippen LogP contribution in [-0.4, -0.2) is 11.3 Å². The number of halogens is 1. The lowest BCUT2D eigenvalue weighted by Gasteiger charge is -2.07. The number of hydrogen-bond donors (Lipinski definition) is 1. The van der Waals surface area contributed by atoms with Gasteiger partial charge in [0.2, 0.25) is 0 Å². The highest BCUT2D eigenvalue weighted by Crippen LogP contribution is 2.25. The normalized spacial score (nSPS) is 12.7. The third kappa shape index (κ3) is 4.86. The fraction of sp³-hybridized carbons (Fsp3) is 0.0952. The van der Waals surface area contributed by atoms with Crippen LogP contribution in [0.4, 0.5) is 11.4 Å². The Morgan fingerprint density at radius 1 is 0.885 bits per heavy atom. The molecule has 0 aliphatic carbocycles. The largest absolute Gasteiger partial charge is 0.507 e. The average Bonchev–Trinajstić information content (AvgIpc) is 2.67. The molecule has 3 aromatic carbocycles. The van der Waals surface area contributed by atoms with Crippen molar-refractivity contribution < 1.29 is 5.11 Å². The Kier molecular flexibility index (Phi) is 5.92. The molecule has 1 N–H and O–H groups in total. The summed E-state index contributed by atoms with van der Waals surface area (Å²) >= 11 is 3.43. The van der Waals surface area contributed by atoms with Gasteiger partial charge in [-0.25, -0.2) is 0 Å². The van der Waals surface area contributed by atoms with Crippen molar-refractivity contribution in [3.05, 3.63) is 88.4 Å². The first-order valence-electron chi connectivity index (χ1n) is 8.20. The molecule has 3 aromatic rings. The van der Waals surface area contributed by atoms with Crippen LogP contribution in [0, 0.1) is 0 Å². The summed E-state index contributed by atoms with van der Waals surface area (Å²) in [4.78, 5) is 4.54. The van der Waals surface area contributed by atoms with Gasteiger partial charge in [-0.15, -0.1) is 0 Å². The van der Waals surface area contributed by atoms with E-state index in [0.717, 1.165) is 15.7 Å². The second kappa shape index (κ2) is 8.54. The molecule has 0 saturated heterocycles. The van der Waals surface area contributed by atoms with E-state index in [1.54, 1.807) is 24.4 Å². The number of aromatic hydroxyl groups is 1. The first-order valence-corrected chi connectivity index (χ1v) is 8.99. The summed E-state index contributed by atoms with van der Waals surface area (Å²) in [7, 11) is 0. The Labute approximate surface area is 161 Å².